The molecule has 1 rings (SSSR count). The van der Waals surface area contributed by atoms with Crippen molar-refractivity contribution in [1.82, 2.24) is 0 Å². The predicted molar refractivity (Wildman–Crippen MR) is 60.8 cm³/mol. The molecule has 0 spiro atoms. The molecule has 1 aromatic carbocycles. The molecule has 0 aromatic heterocycles. The van der Waals surface area contributed by atoms with Gasteiger partial charge in [-0.05, 0) is 29.5 Å². The lowest BCUT2D eigenvalue weighted by molar-refractivity contribution is -0.138. The van der Waals surface area contributed by atoms with E-state index in [0.29, 0.717) is 0 Å². The van der Waals surface area contributed by atoms with Crippen molar-refractivity contribution in [2.45, 2.75) is 45.4 Å². The summed E-state index contributed by atoms with van der Waals surface area (Å²) >= 11 is 0. The molecule has 1 N–H and O–H groups in total. The number of hydrogen-bond donors (Lipinski definition) is 1. The highest BCUT2D eigenvalue weighted by atomic mass is 19.4. The van der Waals surface area contributed by atoms with E-state index in [1.165, 1.54) is 13.0 Å². The van der Waals surface area contributed by atoms with Gasteiger partial charge in [-0.1, -0.05) is 32.9 Å². The maximum Gasteiger partial charge on any atom is 0.416 e. The predicted octanol–water partition coefficient (Wildman–Crippen LogP) is 4.06. The minimum absolute atomic E-state index is 0.245. The van der Waals surface area contributed by atoms with Crippen LogP contribution in [0.15, 0.2) is 18.2 Å². The highest BCUT2D eigenvalue weighted by Gasteiger charge is 2.36. The van der Waals surface area contributed by atoms with Gasteiger partial charge in [-0.2, -0.15) is 13.2 Å². The van der Waals surface area contributed by atoms with Gasteiger partial charge in [0.1, 0.15) is 0 Å². The number of halogens is 3. The van der Waals surface area contributed by atoms with Gasteiger partial charge in [-0.25, -0.2) is 0 Å². The van der Waals surface area contributed by atoms with Crippen LogP contribution in [0.25, 0.3) is 0 Å². The number of benzene rings is 1. The molecule has 0 bridgehead atoms. The SMILES string of the molecule is CC(O)c1ccc(C(C)(C)C)c(C(F)(F)F)c1. The first-order valence-corrected chi connectivity index (χ1v) is 5.43. The van der Waals surface area contributed by atoms with Gasteiger partial charge in [0, 0.05) is 0 Å². The second-order valence-corrected chi connectivity index (χ2v) is 5.23. The Labute approximate surface area is 99.3 Å². The van der Waals surface area contributed by atoms with E-state index >= 15 is 0 Å². The number of hydrogen-bond acceptors (Lipinski definition) is 1. The minimum atomic E-state index is -4.40. The fraction of sp³-hybridized carbons (Fsp3) is 0.538. The van der Waals surface area contributed by atoms with Crippen molar-refractivity contribution in [2.75, 3.05) is 0 Å². The summed E-state index contributed by atoms with van der Waals surface area (Å²) in [5.74, 6) is 0. The number of rotatable bonds is 1. The minimum Gasteiger partial charge on any atom is -0.389 e. The number of aliphatic hydroxyl groups excluding tert-OH is 1. The van der Waals surface area contributed by atoms with E-state index in [0.717, 1.165) is 6.07 Å². The average molecular weight is 246 g/mol. The van der Waals surface area contributed by atoms with Gasteiger partial charge >= 0.3 is 6.18 Å². The fourth-order valence-electron chi connectivity index (χ4n) is 1.71. The average Bonchev–Trinajstić information content (AvgIpc) is 2.14. The summed E-state index contributed by atoms with van der Waals surface area (Å²) in [7, 11) is 0. The summed E-state index contributed by atoms with van der Waals surface area (Å²) in [5, 5.41) is 9.34. The summed E-state index contributed by atoms with van der Waals surface area (Å²) in [4.78, 5) is 0. The van der Waals surface area contributed by atoms with Gasteiger partial charge in [0.15, 0.2) is 0 Å². The zero-order valence-corrected chi connectivity index (χ0v) is 10.4. The monoisotopic (exact) mass is 246 g/mol. The third-order valence-electron chi connectivity index (χ3n) is 2.64. The third kappa shape index (κ3) is 3.22. The van der Waals surface area contributed by atoms with Crippen LogP contribution in [0, 0.1) is 0 Å². The molecule has 4 heteroatoms. The van der Waals surface area contributed by atoms with E-state index in [9.17, 15) is 18.3 Å². The van der Waals surface area contributed by atoms with Crippen LogP contribution >= 0.6 is 0 Å². The first kappa shape index (κ1) is 14.0. The Morgan fingerprint density at radius 2 is 1.59 bits per heavy atom. The maximum atomic E-state index is 12.9. The molecule has 0 radical (unpaired) electrons. The number of aliphatic hydroxyl groups is 1. The largest absolute Gasteiger partial charge is 0.416 e. The van der Waals surface area contributed by atoms with E-state index < -0.39 is 23.3 Å². The molecule has 1 aromatic rings. The lowest BCUT2D eigenvalue weighted by Crippen LogP contribution is -2.20. The highest BCUT2D eigenvalue weighted by molar-refractivity contribution is 5.39. The molecule has 0 aliphatic heterocycles. The van der Waals surface area contributed by atoms with Gasteiger partial charge in [0.25, 0.3) is 0 Å². The summed E-state index contributed by atoms with van der Waals surface area (Å²) < 4.78 is 38.8. The Kier molecular flexibility index (Phi) is 3.58. The van der Waals surface area contributed by atoms with E-state index in [4.69, 9.17) is 0 Å². The summed E-state index contributed by atoms with van der Waals surface area (Å²) in [5.41, 5.74) is -0.717. The standard InChI is InChI=1S/C13H17F3O/c1-8(17)9-5-6-10(12(2,3)4)11(7-9)13(14,15)16/h5-8,17H,1-4H3. The Balaban J connectivity index is 3.43. The van der Waals surface area contributed by atoms with Crippen molar-refractivity contribution < 1.29 is 18.3 Å². The van der Waals surface area contributed by atoms with Crippen molar-refractivity contribution in [3.63, 3.8) is 0 Å². The van der Waals surface area contributed by atoms with Crippen LogP contribution in [0.5, 0.6) is 0 Å². The van der Waals surface area contributed by atoms with Crippen LogP contribution in [0.2, 0.25) is 0 Å². The first-order valence-electron chi connectivity index (χ1n) is 5.43. The molecule has 1 nitrogen and oxygen atoms in total. The summed E-state index contributed by atoms with van der Waals surface area (Å²) in [6.07, 6.45) is -5.29. The molecule has 0 amide bonds. The van der Waals surface area contributed by atoms with Gasteiger partial charge in [-0.15, -0.1) is 0 Å². The molecule has 0 saturated carbocycles. The van der Waals surface area contributed by atoms with E-state index in [-0.39, 0.29) is 11.1 Å². The second-order valence-electron chi connectivity index (χ2n) is 5.23. The molecular weight excluding hydrogens is 229 g/mol. The molecule has 0 aliphatic rings. The van der Waals surface area contributed by atoms with Crippen molar-refractivity contribution in [3.8, 4) is 0 Å². The van der Waals surface area contributed by atoms with Crippen LogP contribution in [0.3, 0.4) is 0 Å². The second kappa shape index (κ2) is 4.33. The summed E-state index contributed by atoms with van der Waals surface area (Å²) in [6, 6.07) is 4.02. The zero-order chi connectivity index (χ0) is 13.4. The van der Waals surface area contributed by atoms with E-state index in [1.54, 1.807) is 26.8 Å². The van der Waals surface area contributed by atoms with Crippen LogP contribution < -0.4 is 0 Å². The van der Waals surface area contributed by atoms with Crippen molar-refractivity contribution in [2.24, 2.45) is 0 Å². The molecule has 1 unspecified atom stereocenters. The van der Waals surface area contributed by atoms with Crippen molar-refractivity contribution in [1.29, 1.82) is 0 Å². The molecule has 17 heavy (non-hydrogen) atoms. The molecule has 96 valence electrons. The van der Waals surface area contributed by atoms with E-state index in [1.807, 2.05) is 0 Å². The molecule has 1 atom stereocenters. The number of alkyl halides is 3. The third-order valence-corrected chi connectivity index (χ3v) is 2.64. The molecule has 0 heterocycles. The zero-order valence-electron chi connectivity index (χ0n) is 10.4. The van der Waals surface area contributed by atoms with Gasteiger partial charge in [-0.3, -0.25) is 0 Å². The van der Waals surface area contributed by atoms with Crippen LogP contribution in [0.4, 0.5) is 13.2 Å². The topological polar surface area (TPSA) is 20.2 Å². The fourth-order valence-corrected chi connectivity index (χ4v) is 1.71. The smallest absolute Gasteiger partial charge is 0.389 e. The van der Waals surface area contributed by atoms with Crippen LogP contribution in [0.1, 0.15) is 50.5 Å². The summed E-state index contributed by atoms with van der Waals surface area (Å²) in [6.45, 7) is 6.66. The Morgan fingerprint density at radius 1 is 1.06 bits per heavy atom. The van der Waals surface area contributed by atoms with Crippen LogP contribution in [-0.4, -0.2) is 5.11 Å². The highest BCUT2D eigenvalue weighted by Crippen LogP contribution is 2.38. The van der Waals surface area contributed by atoms with Gasteiger partial charge in [0.05, 0.1) is 11.7 Å². The molecule has 0 aliphatic carbocycles. The van der Waals surface area contributed by atoms with E-state index in [2.05, 4.69) is 0 Å². The molecular formula is C13H17F3O. The Morgan fingerprint density at radius 3 is 1.94 bits per heavy atom. The molecule has 0 saturated heterocycles. The lowest BCUT2D eigenvalue weighted by atomic mass is 9.82. The van der Waals surface area contributed by atoms with Gasteiger partial charge < -0.3 is 5.11 Å². The maximum absolute atomic E-state index is 12.9. The van der Waals surface area contributed by atoms with Gasteiger partial charge in [0.2, 0.25) is 0 Å². The Bertz CT molecular complexity index is 400. The van der Waals surface area contributed by atoms with Crippen LogP contribution in [-0.2, 0) is 11.6 Å². The van der Waals surface area contributed by atoms with Crippen molar-refractivity contribution in [3.05, 3.63) is 34.9 Å². The van der Waals surface area contributed by atoms with Crippen molar-refractivity contribution >= 4 is 0 Å². The quantitative estimate of drug-likeness (QED) is 0.792. The lowest BCUT2D eigenvalue weighted by Gasteiger charge is -2.25. The molecule has 0 fully saturated rings. The first-order chi connectivity index (χ1) is 7.53. The normalized spacial score (nSPS) is 14.8. The Hall–Kier alpha value is -1.03.